The quantitative estimate of drug-likeness (QED) is 0.649. The molecular weight excluding hydrogens is 266 g/mol. The van der Waals surface area contributed by atoms with Gasteiger partial charge in [0.15, 0.2) is 5.78 Å². The molecule has 0 amide bonds. The summed E-state index contributed by atoms with van der Waals surface area (Å²) in [4.78, 5) is 23.2. The highest BCUT2D eigenvalue weighted by atomic mass is 16.4. The van der Waals surface area contributed by atoms with Crippen LogP contribution in [0.5, 0.6) is 0 Å². The summed E-state index contributed by atoms with van der Waals surface area (Å²) in [6.07, 6.45) is 1.45. The first-order valence-electron chi connectivity index (χ1n) is 6.45. The Kier molecular flexibility index (Phi) is 4.51. The van der Waals surface area contributed by atoms with Gasteiger partial charge in [0, 0.05) is 17.3 Å². The first-order chi connectivity index (χ1) is 10.1. The van der Waals surface area contributed by atoms with Gasteiger partial charge < -0.3 is 10.4 Å². The molecule has 0 radical (unpaired) electrons. The summed E-state index contributed by atoms with van der Waals surface area (Å²) in [5.41, 5.74) is 1.79. The molecule has 21 heavy (non-hydrogen) atoms. The first kappa shape index (κ1) is 14.5. The minimum atomic E-state index is -1.01. The first-order valence-corrected chi connectivity index (χ1v) is 6.45. The number of hydrogen-bond donors (Lipinski definition) is 2. The van der Waals surface area contributed by atoms with E-state index in [-0.39, 0.29) is 11.3 Å². The van der Waals surface area contributed by atoms with Crippen LogP contribution in [0.3, 0.4) is 0 Å². The molecule has 4 heteroatoms. The molecule has 0 spiro atoms. The molecule has 2 aromatic carbocycles. The number of rotatable bonds is 5. The van der Waals surface area contributed by atoms with Crippen molar-refractivity contribution in [2.75, 3.05) is 5.32 Å². The maximum absolute atomic E-state index is 12.0. The number of carbonyl (C=O) groups is 2. The summed E-state index contributed by atoms with van der Waals surface area (Å²) >= 11 is 0. The Labute approximate surface area is 122 Å². The lowest BCUT2D eigenvalue weighted by Gasteiger charge is -2.09. The molecule has 0 saturated carbocycles. The molecule has 0 heterocycles. The van der Waals surface area contributed by atoms with E-state index in [2.05, 4.69) is 5.32 Å². The van der Waals surface area contributed by atoms with Crippen LogP contribution in [0.4, 0.5) is 5.69 Å². The number of anilines is 1. The zero-order valence-corrected chi connectivity index (χ0v) is 11.5. The van der Waals surface area contributed by atoms with Gasteiger partial charge in [-0.3, -0.25) is 4.79 Å². The van der Waals surface area contributed by atoms with E-state index in [4.69, 9.17) is 5.11 Å². The van der Waals surface area contributed by atoms with Crippen molar-refractivity contribution in [3.8, 4) is 0 Å². The van der Waals surface area contributed by atoms with Crippen molar-refractivity contribution >= 4 is 17.4 Å². The molecule has 0 fully saturated rings. The highest BCUT2D eigenvalue weighted by Crippen LogP contribution is 2.17. The number of carboxylic acid groups (broad SMARTS) is 1. The minimum absolute atomic E-state index is 0.131. The van der Waals surface area contributed by atoms with Gasteiger partial charge in [0.2, 0.25) is 0 Å². The zero-order valence-electron chi connectivity index (χ0n) is 11.5. The highest BCUT2D eigenvalue weighted by Gasteiger charge is 2.09. The molecule has 0 saturated heterocycles. The van der Waals surface area contributed by atoms with Crippen LogP contribution in [-0.2, 0) is 0 Å². The van der Waals surface area contributed by atoms with E-state index in [9.17, 15) is 9.59 Å². The molecule has 0 aromatic heterocycles. The fourth-order valence-corrected chi connectivity index (χ4v) is 1.91. The standard InChI is InChI=1S/C17H15NO3/c1-12(11-16(19)13-7-3-2-4-8-13)18-15-10-6-5-9-14(15)17(20)21/h2-11,18H,1H3,(H,20,21)/b12-11+. The van der Waals surface area contributed by atoms with Crippen LogP contribution in [0.25, 0.3) is 0 Å². The molecule has 2 N–H and O–H groups in total. The summed E-state index contributed by atoms with van der Waals surface area (Å²) in [5.74, 6) is -1.14. The Morgan fingerprint density at radius 3 is 2.29 bits per heavy atom. The van der Waals surface area contributed by atoms with Crippen molar-refractivity contribution in [3.63, 3.8) is 0 Å². The van der Waals surface area contributed by atoms with Crippen molar-refractivity contribution in [1.29, 1.82) is 0 Å². The zero-order chi connectivity index (χ0) is 15.2. The van der Waals surface area contributed by atoms with Crippen LogP contribution in [-0.4, -0.2) is 16.9 Å². The number of para-hydroxylation sites is 1. The van der Waals surface area contributed by atoms with Gasteiger partial charge in [-0.25, -0.2) is 4.79 Å². The van der Waals surface area contributed by atoms with Crippen LogP contribution in [0, 0.1) is 0 Å². The molecule has 2 rings (SSSR count). The van der Waals surface area contributed by atoms with Gasteiger partial charge in [-0.1, -0.05) is 42.5 Å². The molecule has 4 nitrogen and oxygen atoms in total. The summed E-state index contributed by atoms with van der Waals surface area (Å²) in [7, 11) is 0. The average Bonchev–Trinajstić information content (AvgIpc) is 2.48. The number of aromatic carboxylic acids is 1. The highest BCUT2D eigenvalue weighted by molar-refractivity contribution is 6.05. The topological polar surface area (TPSA) is 66.4 Å². The van der Waals surface area contributed by atoms with E-state index in [1.165, 1.54) is 12.1 Å². The monoisotopic (exact) mass is 281 g/mol. The third-order valence-corrected chi connectivity index (χ3v) is 2.90. The van der Waals surface area contributed by atoms with E-state index in [0.29, 0.717) is 16.9 Å². The molecular formula is C17H15NO3. The number of nitrogens with one attached hydrogen (secondary N) is 1. The predicted molar refractivity (Wildman–Crippen MR) is 81.6 cm³/mol. The Bertz CT molecular complexity index is 690. The van der Waals surface area contributed by atoms with Gasteiger partial charge in [0.05, 0.1) is 11.3 Å². The predicted octanol–water partition coefficient (Wildman–Crippen LogP) is 3.58. The van der Waals surface area contributed by atoms with Gasteiger partial charge in [-0.15, -0.1) is 0 Å². The number of allylic oxidation sites excluding steroid dienone is 2. The average molecular weight is 281 g/mol. The maximum atomic E-state index is 12.0. The van der Waals surface area contributed by atoms with Crippen LogP contribution >= 0.6 is 0 Å². The SMILES string of the molecule is C/C(=C\C(=O)c1ccccc1)Nc1ccccc1C(=O)O. The summed E-state index contributed by atoms with van der Waals surface area (Å²) in [6, 6.07) is 15.5. The smallest absolute Gasteiger partial charge is 0.337 e. The van der Waals surface area contributed by atoms with E-state index in [1.807, 2.05) is 6.07 Å². The fourth-order valence-electron chi connectivity index (χ4n) is 1.91. The Morgan fingerprint density at radius 1 is 1.00 bits per heavy atom. The van der Waals surface area contributed by atoms with E-state index in [1.54, 1.807) is 49.4 Å². The summed E-state index contributed by atoms with van der Waals surface area (Å²) in [5, 5.41) is 12.1. The summed E-state index contributed by atoms with van der Waals surface area (Å²) < 4.78 is 0. The molecule has 0 aliphatic heterocycles. The Morgan fingerprint density at radius 2 is 1.62 bits per heavy atom. The van der Waals surface area contributed by atoms with Crippen LogP contribution < -0.4 is 5.32 Å². The van der Waals surface area contributed by atoms with Crippen LogP contribution in [0.1, 0.15) is 27.6 Å². The number of benzene rings is 2. The number of carbonyl (C=O) groups excluding carboxylic acids is 1. The Balaban J connectivity index is 2.18. The largest absolute Gasteiger partial charge is 0.478 e. The lowest BCUT2D eigenvalue weighted by atomic mass is 10.1. The lowest BCUT2D eigenvalue weighted by Crippen LogP contribution is -2.06. The van der Waals surface area contributed by atoms with Gasteiger partial charge in [-0.05, 0) is 19.1 Å². The third-order valence-electron chi connectivity index (χ3n) is 2.90. The van der Waals surface area contributed by atoms with E-state index in [0.717, 1.165) is 0 Å². The van der Waals surface area contributed by atoms with Gasteiger partial charge in [0.1, 0.15) is 0 Å². The maximum Gasteiger partial charge on any atom is 0.337 e. The van der Waals surface area contributed by atoms with Crippen molar-refractivity contribution in [2.24, 2.45) is 0 Å². The molecule has 106 valence electrons. The Hall–Kier alpha value is -2.88. The molecule has 0 aliphatic rings. The van der Waals surface area contributed by atoms with E-state index >= 15 is 0 Å². The van der Waals surface area contributed by atoms with Crippen LogP contribution in [0.2, 0.25) is 0 Å². The van der Waals surface area contributed by atoms with Crippen molar-refractivity contribution in [2.45, 2.75) is 6.92 Å². The number of hydrogen-bond acceptors (Lipinski definition) is 3. The molecule has 0 bridgehead atoms. The van der Waals surface area contributed by atoms with Crippen molar-refractivity contribution in [3.05, 3.63) is 77.5 Å². The van der Waals surface area contributed by atoms with Crippen molar-refractivity contribution in [1.82, 2.24) is 0 Å². The van der Waals surface area contributed by atoms with Gasteiger partial charge >= 0.3 is 5.97 Å². The summed E-state index contributed by atoms with van der Waals surface area (Å²) in [6.45, 7) is 1.72. The second-order valence-corrected chi connectivity index (χ2v) is 4.53. The van der Waals surface area contributed by atoms with E-state index < -0.39 is 5.97 Å². The number of carboxylic acids is 1. The second kappa shape index (κ2) is 6.52. The molecule has 0 aliphatic carbocycles. The van der Waals surface area contributed by atoms with Crippen LogP contribution in [0.15, 0.2) is 66.4 Å². The second-order valence-electron chi connectivity index (χ2n) is 4.53. The lowest BCUT2D eigenvalue weighted by molar-refractivity contribution is 0.0698. The third kappa shape index (κ3) is 3.79. The number of ketones is 1. The molecule has 2 aromatic rings. The fraction of sp³-hybridized carbons (Fsp3) is 0.0588. The molecule has 0 unspecified atom stereocenters. The molecule has 0 atom stereocenters. The normalized spacial score (nSPS) is 11.0. The van der Waals surface area contributed by atoms with Gasteiger partial charge in [0.25, 0.3) is 0 Å². The van der Waals surface area contributed by atoms with Gasteiger partial charge in [-0.2, -0.15) is 0 Å². The van der Waals surface area contributed by atoms with Crippen molar-refractivity contribution < 1.29 is 14.7 Å². The minimum Gasteiger partial charge on any atom is -0.478 e.